The first-order valence-corrected chi connectivity index (χ1v) is 12.5. The highest BCUT2D eigenvalue weighted by molar-refractivity contribution is 7.89. The lowest BCUT2D eigenvalue weighted by Crippen LogP contribution is -2.51. The lowest BCUT2D eigenvalue weighted by Gasteiger charge is -2.38. The Morgan fingerprint density at radius 2 is 1.87 bits per heavy atom. The predicted molar refractivity (Wildman–Crippen MR) is 120 cm³/mol. The van der Waals surface area contributed by atoms with Crippen molar-refractivity contribution < 1.29 is 17.9 Å². The van der Waals surface area contributed by atoms with E-state index in [1.54, 1.807) is 24.3 Å². The number of benzene rings is 1. The van der Waals surface area contributed by atoms with Crippen molar-refractivity contribution in [1.29, 1.82) is 0 Å². The zero-order valence-electron chi connectivity index (χ0n) is 19.1. The minimum absolute atomic E-state index is 0.0762. The minimum Gasteiger partial charge on any atom is -0.373 e. The number of likely N-dealkylation sites (tertiary alicyclic amines) is 1. The molecule has 0 saturated carbocycles. The van der Waals surface area contributed by atoms with Gasteiger partial charge in [0.1, 0.15) is 0 Å². The molecule has 0 bridgehead atoms. The molecular weight excluding hydrogens is 416 g/mol. The van der Waals surface area contributed by atoms with Crippen LogP contribution < -0.4 is 5.32 Å². The van der Waals surface area contributed by atoms with Crippen LogP contribution in [-0.2, 0) is 26.1 Å². The summed E-state index contributed by atoms with van der Waals surface area (Å²) in [5.74, 6) is -0.0762. The molecule has 2 aliphatic heterocycles. The van der Waals surface area contributed by atoms with Crippen LogP contribution in [0.1, 0.15) is 32.3 Å². The average molecular weight is 453 g/mol. The highest BCUT2D eigenvalue weighted by Crippen LogP contribution is 2.21. The summed E-state index contributed by atoms with van der Waals surface area (Å²) in [7, 11) is -0.540. The number of nitrogens with one attached hydrogen (secondary N) is 1. The van der Waals surface area contributed by atoms with Crippen LogP contribution in [0, 0.1) is 0 Å². The van der Waals surface area contributed by atoms with E-state index >= 15 is 0 Å². The van der Waals surface area contributed by atoms with Gasteiger partial charge >= 0.3 is 0 Å². The quantitative estimate of drug-likeness (QED) is 0.637. The zero-order valence-corrected chi connectivity index (χ0v) is 19.9. The van der Waals surface area contributed by atoms with Crippen LogP contribution in [-0.4, -0.2) is 93.5 Å². The summed E-state index contributed by atoms with van der Waals surface area (Å²) in [6.45, 7) is 8.47. The highest BCUT2D eigenvalue weighted by atomic mass is 32.2. The molecule has 2 fully saturated rings. The summed E-state index contributed by atoms with van der Waals surface area (Å²) in [6, 6.07) is 7.18. The molecule has 1 N–H and O–H groups in total. The standard InChI is InChI=1S/C22H36N4O4S/c1-17-13-25(14-18(2)30-17)15-20-9-7-11-26(20)16-22(27)23-12-19-8-5-6-10-21(19)31(28,29)24(3)4/h5-6,8,10,17-18,20H,7,9,11-16H2,1-4H3,(H,23,27). The Morgan fingerprint density at radius 3 is 2.55 bits per heavy atom. The fourth-order valence-corrected chi connectivity index (χ4v) is 5.69. The number of carbonyl (C=O) groups excluding carboxylic acids is 1. The zero-order chi connectivity index (χ0) is 22.6. The second kappa shape index (κ2) is 10.4. The largest absolute Gasteiger partial charge is 0.373 e. The predicted octanol–water partition coefficient (Wildman–Crippen LogP) is 1.13. The molecule has 3 atom stereocenters. The fourth-order valence-electron chi connectivity index (χ4n) is 4.57. The molecule has 9 heteroatoms. The van der Waals surface area contributed by atoms with E-state index in [4.69, 9.17) is 4.74 Å². The molecule has 174 valence electrons. The summed E-state index contributed by atoms with van der Waals surface area (Å²) < 4.78 is 32.1. The molecule has 1 aromatic rings. The summed E-state index contributed by atoms with van der Waals surface area (Å²) >= 11 is 0. The van der Waals surface area contributed by atoms with Gasteiger partial charge in [0, 0.05) is 46.3 Å². The maximum absolute atomic E-state index is 12.7. The average Bonchev–Trinajstić information content (AvgIpc) is 3.12. The summed E-state index contributed by atoms with van der Waals surface area (Å²) in [5, 5.41) is 2.92. The molecule has 0 aliphatic carbocycles. The van der Waals surface area contributed by atoms with Crippen LogP contribution >= 0.6 is 0 Å². The van der Waals surface area contributed by atoms with Gasteiger partial charge in [-0.15, -0.1) is 0 Å². The van der Waals surface area contributed by atoms with Crippen molar-refractivity contribution in [2.75, 3.05) is 46.8 Å². The molecule has 0 aromatic heterocycles. The van der Waals surface area contributed by atoms with Gasteiger partial charge in [0.05, 0.1) is 23.6 Å². The van der Waals surface area contributed by atoms with Gasteiger partial charge < -0.3 is 10.1 Å². The number of hydrogen-bond acceptors (Lipinski definition) is 6. The number of hydrogen-bond donors (Lipinski definition) is 1. The van der Waals surface area contributed by atoms with E-state index in [0.29, 0.717) is 18.2 Å². The fraction of sp³-hybridized carbons (Fsp3) is 0.682. The van der Waals surface area contributed by atoms with Gasteiger partial charge in [-0.1, -0.05) is 18.2 Å². The molecule has 2 heterocycles. The van der Waals surface area contributed by atoms with Crippen molar-refractivity contribution in [3.63, 3.8) is 0 Å². The minimum atomic E-state index is -3.56. The monoisotopic (exact) mass is 452 g/mol. The number of ether oxygens (including phenoxy) is 1. The van der Waals surface area contributed by atoms with Crippen molar-refractivity contribution in [3.8, 4) is 0 Å². The van der Waals surface area contributed by atoms with Crippen molar-refractivity contribution in [1.82, 2.24) is 19.4 Å². The van der Waals surface area contributed by atoms with Gasteiger partial charge in [0.25, 0.3) is 0 Å². The lowest BCUT2D eigenvalue weighted by atomic mass is 10.1. The lowest BCUT2D eigenvalue weighted by molar-refractivity contribution is -0.123. The van der Waals surface area contributed by atoms with Gasteiger partial charge in [-0.05, 0) is 44.9 Å². The van der Waals surface area contributed by atoms with Crippen LogP contribution in [0.15, 0.2) is 29.2 Å². The van der Waals surface area contributed by atoms with Crippen molar-refractivity contribution in [3.05, 3.63) is 29.8 Å². The molecule has 31 heavy (non-hydrogen) atoms. The topological polar surface area (TPSA) is 82.2 Å². The summed E-state index contributed by atoms with van der Waals surface area (Å²) in [6.07, 6.45) is 2.66. The molecule has 3 rings (SSSR count). The van der Waals surface area contributed by atoms with E-state index in [0.717, 1.165) is 39.0 Å². The van der Waals surface area contributed by atoms with Gasteiger partial charge in [0.15, 0.2) is 0 Å². The van der Waals surface area contributed by atoms with E-state index in [-0.39, 0.29) is 29.6 Å². The maximum Gasteiger partial charge on any atom is 0.242 e. The second-order valence-electron chi connectivity index (χ2n) is 8.91. The van der Waals surface area contributed by atoms with Gasteiger partial charge in [-0.2, -0.15) is 0 Å². The third-order valence-electron chi connectivity index (χ3n) is 6.02. The molecule has 8 nitrogen and oxygen atoms in total. The number of amides is 1. The number of morpholine rings is 1. The van der Waals surface area contributed by atoms with E-state index in [2.05, 4.69) is 29.0 Å². The number of rotatable bonds is 8. The van der Waals surface area contributed by atoms with Crippen LogP contribution in [0.5, 0.6) is 0 Å². The smallest absolute Gasteiger partial charge is 0.242 e. The van der Waals surface area contributed by atoms with Crippen molar-refractivity contribution >= 4 is 15.9 Å². The highest BCUT2D eigenvalue weighted by Gasteiger charge is 2.31. The molecule has 3 unspecified atom stereocenters. The Bertz CT molecular complexity index is 851. The first-order chi connectivity index (χ1) is 14.7. The van der Waals surface area contributed by atoms with Crippen molar-refractivity contribution in [2.24, 2.45) is 0 Å². The summed E-state index contributed by atoms with van der Waals surface area (Å²) in [4.78, 5) is 17.6. The Hall–Kier alpha value is -1.52. The number of nitrogens with zero attached hydrogens (tertiary/aromatic N) is 3. The van der Waals surface area contributed by atoms with Crippen LogP contribution in [0.2, 0.25) is 0 Å². The summed E-state index contributed by atoms with van der Waals surface area (Å²) in [5.41, 5.74) is 0.596. The van der Waals surface area contributed by atoms with E-state index in [9.17, 15) is 13.2 Å². The van der Waals surface area contributed by atoms with Crippen LogP contribution in [0.3, 0.4) is 0 Å². The van der Waals surface area contributed by atoms with Crippen LogP contribution in [0.4, 0.5) is 0 Å². The van der Waals surface area contributed by atoms with Gasteiger partial charge in [-0.3, -0.25) is 14.6 Å². The Balaban J connectivity index is 1.55. The Morgan fingerprint density at radius 1 is 1.19 bits per heavy atom. The molecule has 2 aliphatic rings. The molecule has 1 aromatic carbocycles. The molecule has 0 radical (unpaired) electrons. The molecule has 2 saturated heterocycles. The van der Waals surface area contributed by atoms with Gasteiger partial charge in [0.2, 0.25) is 15.9 Å². The van der Waals surface area contributed by atoms with Crippen LogP contribution in [0.25, 0.3) is 0 Å². The first-order valence-electron chi connectivity index (χ1n) is 11.1. The van der Waals surface area contributed by atoms with Crippen molar-refractivity contribution in [2.45, 2.75) is 56.4 Å². The molecule has 0 spiro atoms. The normalized spacial score (nSPS) is 25.8. The van der Waals surface area contributed by atoms with E-state index in [1.807, 2.05) is 0 Å². The number of sulfonamides is 1. The molecular formula is C22H36N4O4S. The van der Waals surface area contributed by atoms with Gasteiger partial charge in [-0.25, -0.2) is 12.7 Å². The maximum atomic E-state index is 12.7. The first kappa shape index (κ1) is 24.1. The van der Waals surface area contributed by atoms with E-state index < -0.39 is 10.0 Å². The SMILES string of the molecule is CC1CN(CC2CCCN2CC(=O)NCc2ccccc2S(=O)(=O)N(C)C)CC(C)O1. The third-order valence-corrected chi connectivity index (χ3v) is 7.93. The third kappa shape index (κ3) is 6.26. The Kier molecular flexibility index (Phi) is 8.09. The van der Waals surface area contributed by atoms with E-state index in [1.165, 1.54) is 18.4 Å². The molecule has 1 amide bonds. The number of carbonyl (C=O) groups is 1. The Labute approximate surface area is 186 Å². The second-order valence-corrected chi connectivity index (χ2v) is 11.0.